The first-order valence-electron chi connectivity index (χ1n) is 5.08. The Labute approximate surface area is 104 Å². The lowest BCUT2D eigenvalue weighted by Gasteiger charge is -2.03. The number of carbonyl (C=O) groups is 1. The number of furan rings is 2. The molecule has 96 valence electrons. The van der Waals surface area contributed by atoms with Crippen LogP contribution in [0.4, 0.5) is 0 Å². The Morgan fingerprint density at radius 2 is 2.06 bits per heavy atom. The molecule has 0 saturated carbocycles. The molecule has 0 radical (unpaired) electrons. The Bertz CT molecular complexity index is 666. The minimum atomic E-state index is -3.95. The van der Waals surface area contributed by atoms with E-state index < -0.39 is 15.9 Å². The van der Waals surface area contributed by atoms with Gasteiger partial charge in [-0.1, -0.05) is 0 Å². The van der Waals surface area contributed by atoms with Gasteiger partial charge >= 0.3 is 5.91 Å². The molecule has 0 spiro atoms. The second-order valence-corrected chi connectivity index (χ2v) is 5.34. The first-order chi connectivity index (χ1) is 8.40. The number of amides is 1. The van der Waals surface area contributed by atoms with E-state index in [1.165, 1.54) is 31.4 Å². The Hall–Kier alpha value is -2.02. The van der Waals surface area contributed by atoms with Gasteiger partial charge < -0.3 is 8.83 Å². The van der Waals surface area contributed by atoms with E-state index in [1.807, 2.05) is 4.72 Å². The topological polar surface area (TPSA) is 89.5 Å². The van der Waals surface area contributed by atoms with Crippen LogP contribution in [0, 0.1) is 13.8 Å². The van der Waals surface area contributed by atoms with Crippen molar-refractivity contribution in [2.45, 2.75) is 18.7 Å². The predicted octanol–water partition coefficient (Wildman–Crippen LogP) is 1.61. The molecule has 1 amide bonds. The highest BCUT2D eigenvalue weighted by Gasteiger charge is 2.24. The molecule has 2 aromatic rings. The quantitative estimate of drug-likeness (QED) is 0.914. The third-order valence-corrected chi connectivity index (χ3v) is 3.70. The van der Waals surface area contributed by atoms with E-state index in [9.17, 15) is 13.2 Å². The van der Waals surface area contributed by atoms with Crippen molar-refractivity contribution in [2.24, 2.45) is 0 Å². The van der Waals surface area contributed by atoms with Crippen LogP contribution < -0.4 is 4.72 Å². The van der Waals surface area contributed by atoms with Crippen LogP contribution >= 0.6 is 0 Å². The lowest BCUT2D eigenvalue weighted by atomic mass is 10.4. The Morgan fingerprint density at radius 1 is 1.33 bits per heavy atom. The maximum atomic E-state index is 11.9. The van der Waals surface area contributed by atoms with Crippen molar-refractivity contribution in [3.63, 3.8) is 0 Å². The fourth-order valence-corrected chi connectivity index (χ4v) is 2.71. The van der Waals surface area contributed by atoms with Crippen LogP contribution in [0.25, 0.3) is 0 Å². The molecule has 0 saturated heterocycles. The lowest BCUT2D eigenvalue weighted by molar-refractivity contribution is 0.0954. The van der Waals surface area contributed by atoms with Gasteiger partial charge in [0.1, 0.15) is 16.4 Å². The molecular formula is C11H11NO5S. The van der Waals surface area contributed by atoms with Gasteiger partial charge in [0.05, 0.1) is 6.26 Å². The van der Waals surface area contributed by atoms with Gasteiger partial charge in [0.15, 0.2) is 5.76 Å². The molecule has 7 heteroatoms. The van der Waals surface area contributed by atoms with E-state index in [1.54, 1.807) is 6.92 Å². The molecular weight excluding hydrogens is 258 g/mol. The SMILES string of the molecule is Cc1cc(S(=O)(=O)NC(=O)c2ccco2)c(C)o1. The molecule has 2 aromatic heterocycles. The first kappa shape index (κ1) is 12.4. The summed E-state index contributed by atoms with van der Waals surface area (Å²) >= 11 is 0. The molecule has 0 bridgehead atoms. The zero-order chi connectivity index (χ0) is 13.3. The molecule has 2 rings (SSSR count). The molecule has 6 nitrogen and oxygen atoms in total. The van der Waals surface area contributed by atoms with Crippen molar-refractivity contribution < 1.29 is 22.0 Å². The Kier molecular flexibility index (Phi) is 3.00. The van der Waals surface area contributed by atoms with Gasteiger partial charge in [-0.05, 0) is 26.0 Å². The number of aryl methyl sites for hydroxylation is 2. The zero-order valence-corrected chi connectivity index (χ0v) is 10.6. The Balaban J connectivity index is 2.28. The summed E-state index contributed by atoms with van der Waals surface area (Å²) in [5.41, 5.74) is 0. The highest BCUT2D eigenvalue weighted by atomic mass is 32.2. The molecule has 18 heavy (non-hydrogen) atoms. The highest BCUT2D eigenvalue weighted by molar-refractivity contribution is 7.90. The van der Waals surface area contributed by atoms with Crippen LogP contribution in [0.2, 0.25) is 0 Å². The van der Waals surface area contributed by atoms with Gasteiger partial charge in [0.2, 0.25) is 0 Å². The highest BCUT2D eigenvalue weighted by Crippen LogP contribution is 2.19. The largest absolute Gasteiger partial charge is 0.465 e. The summed E-state index contributed by atoms with van der Waals surface area (Å²) in [4.78, 5) is 11.5. The monoisotopic (exact) mass is 269 g/mol. The summed E-state index contributed by atoms with van der Waals surface area (Å²) in [7, 11) is -3.95. The third kappa shape index (κ3) is 2.30. The van der Waals surface area contributed by atoms with Gasteiger partial charge in [-0.3, -0.25) is 4.79 Å². The number of carbonyl (C=O) groups excluding carboxylic acids is 1. The van der Waals surface area contributed by atoms with Crippen molar-refractivity contribution in [1.29, 1.82) is 0 Å². The molecule has 0 aliphatic carbocycles. The van der Waals surface area contributed by atoms with Crippen molar-refractivity contribution in [3.05, 3.63) is 41.7 Å². The summed E-state index contributed by atoms with van der Waals surface area (Å²) < 4.78 is 35.7. The fraction of sp³-hybridized carbons (Fsp3) is 0.182. The van der Waals surface area contributed by atoms with Crippen LogP contribution in [0.15, 0.2) is 38.2 Å². The Morgan fingerprint density at radius 3 is 2.56 bits per heavy atom. The van der Waals surface area contributed by atoms with Crippen molar-refractivity contribution >= 4 is 15.9 Å². The van der Waals surface area contributed by atoms with Crippen LogP contribution in [-0.4, -0.2) is 14.3 Å². The van der Waals surface area contributed by atoms with Gasteiger partial charge in [-0.25, -0.2) is 13.1 Å². The summed E-state index contributed by atoms with van der Waals surface area (Å²) in [6, 6.07) is 4.22. The van der Waals surface area contributed by atoms with Crippen LogP contribution in [0.5, 0.6) is 0 Å². The number of nitrogens with one attached hydrogen (secondary N) is 1. The van der Waals surface area contributed by atoms with Crippen LogP contribution in [-0.2, 0) is 10.0 Å². The molecule has 0 aliphatic rings. The molecule has 0 aliphatic heterocycles. The van der Waals surface area contributed by atoms with E-state index in [4.69, 9.17) is 8.83 Å². The standard InChI is InChI=1S/C11H11NO5S/c1-7-6-10(8(2)17-7)18(14,15)12-11(13)9-4-3-5-16-9/h3-6H,1-2H3,(H,12,13). The van der Waals surface area contributed by atoms with Gasteiger partial charge in [0.25, 0.3) is 10.0 Å². The number of hydrogen-bond acceptors (Lipinski definition) is 5. The second-order valence-electron chi connectivity index (χ2n) is 3.69. The maximum Gasteiger partial charge on any atom is 0.300 e. The summed E-state index contributed by atoms with van der Waals surface area (Å²) in [5.74, 6) is -0.208. The average molecular weight is 269 g/mol. The maximum absolute atomic E-state index is 11.9. The first-order valence-corrected chi connectivity index (χ1v) is 6.56. The number of rotatable bonds is 3. The van der Waals surface area contributed by atoms with Crippen molar-refractivity contribution in [3.8, 4) is 0 Å². The molecule has 0 atom stereocenters. The van der Waals surface area contributed by atoms with Crippen molar-refractivity contribution in [1.82, 2.24) is 4.72 Å². The van der Waals surface area contributed by atoms with Gasteiger partial charge in [-0.15, -0.1) is 0 Å². The fourth-order valence-electron chi connectivity index (χ4n) is 1.51. The minimum absolute atomic E-state index is 0.0556. The van der Waals surface area contributed by atoms with E-state index in [0.717, 1.165) is 0 Å². The predicted molar refractivity (Wildman–Crippen MR) is 61.5 cm³/mol. The molecule has 1 N–H and O–H groups in total. The van der Waals surface area contributed by atoms with E-state index in [0.29, 0.717) is 5.76 Å². The minimum Gasteiger partial charge on any atom is -0.465 e. The molecule has 0 unspecified atom stereocenters. The van der Waals surface area contributed by atoms with Crippen molar-refractivity contribution in [2.75, 3.05) is 0 Å². The van der Waals surface area contributed by atoms with E-state index in [-0.39, 0.29) is 16.4 Å². The number of sulfonamides is 1. The second kappa shape index (κ2) is 4.34. The normalized spacial score (nSPS) is 11.4. The van der Waals surface area contributed by atoms with Gasteiger partial charge in [-0.2, -0.15) is 0 Å². The summed E-state index contributed by atoms with van der Waals surface area (Å²) in [6.45, 7) is 3.14. The summed E-state index contributed by atoms with van der Waals surface area (Å²) in [5, 5.41) is 0. The smallest absolute Gasteiger partial charge is 0.300 e. The van der Waals surface area contributed by atoms with Crippen LogP contribution in [0.3, 0.4) is 0 Å². The third-order valence-electron chi connectivity index (χ3n) is 2.26. The molecule has 0 aromatic carbocycles. The van der Waals surface area contributed by atoms with E-state index in [2.05, 4.69) is 0 Å². The number of hydrogen-bond donors (Lipinski definition) is 1. The van der Waals surface area contributed by atoms with Gasteiger partial charge in [0, 0.05) is 6.07 Å². The average Bonchev–Trinajstić information content (AvgIpc) is 2.86. The van der Waals surface area contributed by atoms with E-state index >= 15 is 0 Å². The molecule has 2 heterocycles. The zero-order valence-electron chi connectivity index (χ0n) is 9.76. The van der Waals surface area contributed by atoms with Crippen LogP contribution in [0.1, 0.15) is 22.1 Å². The molecule has 0 fully saturated rings. The lowest BCUT2D eigenvalue weighted by Crippen LogP contribution is -2.30. The summed E-state index contributed by atoms with van der Waals surface area (Å²) in [6.07, 6.45) is 1.29.